The number of hydrogen-bond donors (Lipinski definition) is 2. The van der Waals surface area contributed by atoms with Crippen molar-refractivity contribution in [2.45, 2.75) is 44.2 Å². The van der Waals surface area contributed by atoms with Crippen LogP contribution in [0.5, 0.6) is 0 Å². The molecule has 1 aromatic rings. The van der Waals surface area contributed by atoms with E-state index < -0.39 is 0 Å². The van der Waals surface area contributed by atoms with E-state index in [4.69, 9.17) is 10.8 Å². The lowest BCUT2D eigenvalue weighted by Crippen LogP contribution is -2.42. The molecule has 3 nitrogen and oxygen atoms in total. The van der Waals surface area contributed by atoms with Crippen LogP contribution in [0.25, 0.3) is 0 Å². The monoisotopic (exact) mass is 280 g/mol. The van der Waals surface area contributed by atoms with Crippen molar-refractivity contribution in [2.24, 2.45) is 5.73 Å². The van der Waals surface area contributed by atoms with Gasteiger partial charge in [0.25, 0.3) is 0 Å². The van der Waals surface area contributed by atoms with Gasteiger partial charge in [-0.25, -0.2) is 4.39 Å². The van der Waals surface area contributed by atoms with Crippen molar-refractivity contribution in [2.75, 3.05) is 19.7 Å². The van der Waals surface area contributed by atoms with Crippen molar-refractivity contribution in [3.8, 4) is 0 Å². The Hall–Kier alpha value is -0.970. The maximum absolute atomic E-state index is 12.9. The molecular formula is C16H25FN2O. The van der Waals surface area contributed by atoms with Crippen LogP contribution in [0.15, 0.2) is 24.3 Å². The average molecular weight is 280 g/mol. The Morgan fingerprint density at radius 1 is 1.25 bits per heavy atom. The minimum atomic E-state index is -0.222. The SMILES string of the molecule is NC(CCN(CCCO)C1CCC1)c1ccc(F)cc1. The molecule has 0 heterocycles. The van der Waals surface area contributed by atoms with Crippen LogP contribution in [0.3, 0.4) is 0 Å². The second-order valence-corrected chi connectivity index (χ2v) is 5.64. The molecule has 1 atom stereocenters. The maximum atomic E-state index is 12.9. The molecule has 3 N–H and O–H groups in total. The summed E-state index contributed by atoms with van der Waals surface area (Å²) < 4.78 is 12.9. The van der Waals surface area contributed by atoms with Gasteiger partial charge in [-0.15, -0.1) is 0 Å². The molecule has 1 aliphatic rings. The quantitative estimate of drug-likeness (QED) is 0.769. The molecule has 0 bridgehead atoms. The Morgan fingerprint density at radius 3 is 2.50 bits per heavy atom. The van der Waals surface area contributed by atoms with Gasteiger partial charge in [0.1, 0.15) is 5.82 Å². The summed E-state index contributed by atoms with van der Waals surface area (Å²) in [5, 5.41) is 8.98. The molecule has 1 aliphatic carbocycles. The predicted octanol–water partition coefficient (Wildman–Crippen LogP) is 2.45. The summed E-state index contributed by atoms with van der Waals surface area (Å²) in [7, 11) is 0. The largest absolute Gasteiger partial charge is 0.396 e. The number of hydrogen-bond acceptors (Lipinski definition) is 3. The molecule has 0 radical (unpaired) electrons. The number of rotatable bonds is 8. The first kappa shape index (κ1) is 15.4. The zero-order chi connectivity index (χ0) is 14.4. The highest BCUT2D eigenvalue weighted by Crippen LogP contribution is 2.26. The molecule has 0 aromatic heterocycles. The Kier molecular flexibility index (Phi) is 5.95. The molecule has 20 heavy (non-hydrogen) atoms. The molecule has 1 saturated carbocycles. The smallest absolute Gasteiger partial charge is 0.123 e. The number of aliphatic hydroxyl groups is 1. The normalized spacial score (nSPS) is 17.2. The summed E-state index contributed by atoms with van der Waals surface area (Å²) >= 11 is 0. The Labute approximate surface area is 120 Å². The molecule has 112 valence electrons. The zero-order valence-electron chi connectivity index (χ0n) is 12.0. The zero-order valence-corrected chi connectivity index (χ0v) is 12.0. The third-order valence-corrected chi connectivity index (χ3v) is 4.22. The molecule has 0 spiro atoms. The van der Waals surface area contributed by atoms with Crippen molar-refractivity contribution in [3.63, 3.8) is 0 Å². The highest BCUT2D eigenvalue weighted by molar-refractivity contribution is 5.19. The van der Waals surface area contributed by atoms with Gasteiger partial charge in [-0.1, -0.05) is 18.6 Å². The van der Waals surface area contributed by atoms with Crippen LogP contribution >= 0.6 is 0 Å². The van der Waals surface area contributed by atoms with E-state index in [1.54, 1.807) is 12.1 Å². The highest BCUT2D eigenvalue weighted by atomic mass is 19.1. The predicted molar refractivity (Wildman–Crippen MR) is 78.9 cm³/mol. The van der Waals surface area contributed by atoms with Gasteiger partial charge in [0.05, 0.1) is 0 Å². The van der Waals surface area contributed by atoms with Gasteiger partial charge in [0, 0.05) is 31.8 Å². The summed E-state index contributed by atoms with van der Waals surface area (Å²) in [5.41, 5.74) is 7.17. The second kappa shape index (κ2) is 7.72. The lowest BCUT2D eigenvalue weighted by Gasteiger charge is -2.38. The van der Waals surface area contributed by atoms with Crippen molar-refractivity contribution in [3.05, 3.63) is 35.6 Å². The molecule has 1 unspecified atom stereocenters. The van der Waals surface area contributed by atoms with E-state index in [1.807, 2.05) is 0 Å². The van der Waals surface area contributed by atoms with Gasteiger partial charge in [0.2, 0.25) is 0 Å². The summed E-state index contributed by atoms with van der Waals surface area (Å²) in [6, 6.07) is 7.08. The van der Waals surface area contributed by atoms with Crippen LogP contribution in [-0.2, 0) is 0 Å². The molecule has 0 aliphatic heterocycles. The molecule has 1 fully saturated rings. The van der Waals surface area contributed by atoms with E-state index in [0.29, 0.717) is 6.04 Å². The van der Waals surface area contributed by atoms with E-state index in [2.05, 4.69) is 4.90 Å². The first-order chi connectivity index (χ1) is 9.70. The van der Waals surface area contributed by atoms with Crippen LogP contribution in [0.1, 0.15) is 43.7 Å². The van der Waals surface area contributed by atoms with E-state index >= 15 is 0 Å². The summed E-state index contributed by atoms with van der Waals surface area (Å²) in [6.07, 6.45) is 5.52. The minimum Gasteiger partial charge on any atom is -0.396 e. The van der Waals surface area contributed by atoms with Crippen molar-refractivity contribution in [1.82, 2.24) is 4.90 Å². The van der Waals surface area contributed by atoms with Crippen molar-refractivity contribution >= 4 is 0 Å². The van der Waals surface area contributed by atoms with Crippen molar-refractivity contribution < 1.29 is 9.50 Å². The van der Waals surface area contributed by atoms with Gasteiger partial charge in [-0.2, -0.15) is 0 Å². The van der Waals surface area contributed by atoms with E-state index in [0.717, 1.165) is 31.5 Å². The van der Waals surface area contributed by atoms with E-state index in [-0.39, 0.29) is 18.5 Å². The van der Waals surface area contributed by atoms with Gasteiger partial charge < -0.3 is 15.7 Å². The van der Waals surface area contributed by atoms with Gasteiger partial charge >= 0.3 is 0 Å². The maximum Gasteiger partial charge on any atom is 0.123 e. The average Bonchev–Trinajstić information content (AvgIpc) is 2.40. The third kappa shape index (κ3) is 4.27. The van der Waals surface area contributed by atoms with Crippen LogP contribution in [-0.4, -0.2) is 35.7 Å². The van der Waals surface area contributed by atoms with E-state index in [9.17, 15) is 4.39 Å². The fourth-order valence-electron chi connectivity index (χ4n) is 2.68. The summed E-state index contributed by atoms with van der Waals surface area (Å²) in [4.78, 5) is 2.45. The van der Waals surface area contributed by atoms with Crippen molar-refractivity contribution in [1.29, 1.82) is 0 Å². The van der Waals surface area contributed by atoms with E-state index in [1.165, 1.54) is 31.4 Å². The Balaban J connectivity index is 1.82. The fraction of sp³-hybridized carbons (Fsp3) is 0.625. The molecule has 1 aromatic carbocycles. The lowest BCUT2D eigenvalue weighted by atomic mass is 9.91. The van der Waals surface area contributed by atoms with Gasteiger partial charge in [0.15, 0.2) is 0 Å². The molecule has 0 amide bonds. The van der Waals surface area contributed by atoms with Crippen LogP contribution in [0, 0.1) is 5.82 Å². The van der Waals surface area contributed by atoms with Crippen LogP contribution in [0.4, 0.5) is 4.39 Å². The molecule has 2 rings (SSSR count). The summed E-state index contributed by atoms with van der Waals surface area (Å²) in [6.45, 7) is 2.13. The number of nitrogens with zero attached hydrogens (tertiary/aromatic N) is 1. The number of aliphatic hydroxyl groups excluding tert-OH is 1. The number of nitrogens with two attached hydrogens (primary N) is 1. The first-order valence-electron chi connectivity index (χ1n) is 7.56. The van der Waals surface area contributed by atoms with Crippen LogP contribution < -0.4 is 5.73 Å². The topological polar surface area (TPSA) is 49.5 Å². The Bertz CT molecular complexity index is 392. The lowest BCUT2D eigenvalue weighted by molar-refractivity contribution is 0.113. The molecule has 0 saturated heterocycles. The van der Waals surface area contributed by atoms with Gasteiger partial charge in [-0.3, -0.25) is 0 Å². The fourth-order valence-corrected chi connectivity index (χ4v) is 2.68. The highest BCUT2D eigenvalue weighted by Gasteiger charge is 2.24. The standard InChI is InChI=1S/C16H25FN2O/c17-14-7-5-13(6-8-14)16(18)9-11-19(10-2-12-20)15-3-1-4-15/h5-8,15-16,20H,1-4,9-12,18H2. The third-order valence-electron chi connectivity index (χ3n) is 4.22. The van der Waals surface area contributed by atoms with Gasteiger partial charge in [-0.05, 0) is 43.4 Å². The molecular weight excluding hydrogens is 255 g/mol. The summed E-state index contributed by atoms with van der Waals surface area (Å²) in [5.74, 6) is -0.222. The molecule has 4 heteroatoms. The van der Waals surface area contributed by atoms with Crippen LogP contribution in [0.2, 0.25) is 0 Å². The Morgan fingerprint density at radius 2 is 1.95 bits per heavy atom. The first-order valence-corrected chi connectivity index (χ1v) is 7.56. The minimum absolute atomic E-state index is 0.0488. The number of halogens is 1. The second-order valence-electron chi connectivity index (χ2n) is 5.64. The number of benzene rings is 1.